The summed E-state index contributed by atoms with van der Waals surface area (Å²) in [6.45, 7) is 5.20. The van der Waals surface area contributed by atoms with Crippen molar-refractivity contribution >= 4 is 21.6 Å². The molecular weight excluding hydrogens is 268 g/mol. The van der Waals surface area contributed by atoms with Gasteiger partial charge < -0.3 is 15.8 Å². The van der Waals surface area contributed by atoms with E-state index in [1.165, 1.54) is 5.56 Å². The first-order valence-corrected chi connectivity index (χ1v) is 6.03. The van der Waals surface area contributed by atoms with Crippen molar-refractivity contribution in [1.82, 2.24) is 0 Å². The van der Waals surface area contributed by atoms with Crippen molar-refractivity contribution in [2.75, 3.05) is 25.6 Å². The van der Waals surface area contributed by atoms with Gasteiger partial charge in [-0.3, -0.25) is 0 Å². The highest BCUT2D eigenvalue weighted by molar-refractivity contribution is 9.10. The molecule has 0 aliphatic rings. The highest BCUT2D eigenvalue weighted by Gasteiger charge is 2.22. The van der Waals surface area contributed by atoms with Gasteiger partial charge in [0, 0.05) is 23.8 Å². The molecule has 0 aliphatic carbocycles. The van der Waals surface area contributed by atoms with Crippen molar-refractivity contribution in [3.05, 3.63) is 28.2 Å². The second-order valence-electron chi connectivity index (χ2n) is 4.31. The molecule has 1 atom stereocenters. The van der Waals surface area contributed by atoms with Crippen molar-refractivity contribution in [3.8, 4) is 0 Å². The molecule has 0 aromatic heterocycles. The maximum Gasteiger partial charge on any atom is 0.0702 e. The molecule has 0 radical (unpaired) electrons. The molecule has 0 bridgehead atoms. The van der Waals surface area contributed by atoms with Crippen LogP contribution in [0.15, 0.2) is 22.7 Å². The van der Waals surface area contributed by atoms with Crippen LogP contribution >= 0.6 is 15.9 Å². The van der Waals surface area contributed by atoms with E-state index in [1.807, 2.05) is 13.0 Å². The van der Waals surface area contributed by atoms with Crippen LogP contribution in [0, 0.1) is 6.92 Å². The first-order valence-electron chi connectivity index (χ1n) is 5.24. The first kappa shape index (κ1) is 13.5. The summed E-state index contributed by atoms with van der Waals surface area (Å²) in [6, 6.07) is 6.18. The van der Waals surface area contributed by atoms with Gasteiger partial charge in [-0.05, 0) is 47.5 Å². The molecule has 0 saturated carbocycles. The molecule has 3 nitrogen and oxygen atoms in total. The Kier molecular flexibility index (Phi) is 4.77. The molecule has 16 heavy (non-hydrogen) atoms. The van der Waals surface area contributed by atoms with Crippen LogP contribution in [-0.4, -0.2) is 25.8 Å². The van der Waals surface area contributed by atoms with Crippen molar-refractivity contribution in [3.63, 3.8) is 0 Å². The van der Waals surface area contributed by atoms with Crippen LogP contribution in [-0.2, 0) is 4.74 Å². The average Bonchev–Trinajstić information content (AvgIpc) is 2.24. The van der Waals surface area contributed by atoms with Gasteiger partial charge in [0.1, 0.15) is 0 Å². The molecule has 1 aromatic rings. The highest BCUT2D eigenvalue weighted by Crippen LogP contribution is 2.26. The molecule has 1 unspecified atom stereocenters. The largest absolute Gasteiger partial charge is 0.382 e. The molecule has 0 fully saturated rings. The fourth-order valence-corrected chi connectivity index (χ4v) is 1.87. The number of anilines is 1. The maximum absolute atomic E-state index is 5.77. The lowest BCUT2D eigenvalue weighted by Gasteiger charge is -2.30. The number of ether oxygens (including phenoxy) is 1. The third-order valence-electron chi connectivity index (χ3n) is 2.47. The van der Waals surface area contributed by atoms with E-state index in [1.54, 1.807) is 7.11 Å². The fraction of sp³-hybridized carbons (Fsp3) is 0.500. The van der Waals surface area contributed by atoms with E-state index >= 15 is 0 Å². The van der Waals surface area contributed by atoms with Gasteiger partial charge in [0.25, 0.3) is 0 Å². The zero-order valence-corrected chi connectivity index (χ0v) is 11.6. The summed E-state index contributed by atoms with van der Waals surface area (Å²) in [6.07, 6.45) is 0. The Bertz CT molecular complexity index is 357. The SMILES string of the molecule is COCC(C)(CN)Nc1cc(C)ccc1Br. The molecular formula is C12H19BrN2O. The average molecular weight is 287 g/mol. The van der Waals surface area contributed by atoms with Crippen LogP contribution in [0.25, 0.3) is 0 Å². The number of benzene rings is 1. The number of aryl methyl sites for hydroxylation is 1. The van der Waals surface area contributed by atoms with Crippen LogP contribution in [0.1, 0.15) is 12.5 Å². The normalized spacial score (nSPS) is 14.6. The molecule has 0 saturated heterocycles. The minimum Gasteiger partial charge on any atom is -0.382 e. The summed E-state index contributed by atoms with van der Waals surface area (Å²) in [5, 5.41) is 3.42. The lowest BCUT2D eigenvalue weighted by molar-refractivity contribution is 0.153. The van der Waals surface area contributed by atoms with Crippen LogP contribution < -0.4 is 11.1 Å². The van der Waals surface area contributed by atoms with E-state index in [0.29, 0.717) is 13.2 Å². The molecule has 0 spiro atoms. The number of hydrogen-bond donors (Lipinski definition) is 2. The van der Waals surface area contributed by atoms with Gasteiger partial charge in [-0.1, -0.05) is 6.07 Å². The summed E-state index contributed by atoms with van der Waals surface area (Å²) < 4.78 is 6.22. The Labute approximate surface area is 105 Å². The predicted molar refractivity (Wildman–Crippen MR) is 71.8 cm³/mol. The fourth-order valence-electron chi connectivity index (χ4n) is 1.52. The Hall–Kier alpha value is -0.580. The number of nitrogens with two attached hydrogens (primary N) is 1. The van der Waals surface area contributed by atoms with Crippen molar-refractivity contribution < 1.29 is 4.74 Å². The number of halogens is 1. The van der Waals surface area contributed by atoms with Crippen molar-refractivity contribution in [2.24, 2.45) is 5.73 Å². The van der Waals surface area contributed by atoms with Gasteiger partial charge in [-0.25, -0.2) is 0 Å². The van der Waals surface area contributed by atoms with Gasteiger partial charge in [-0.15, -0.1) is 0 Å². The molecule has 1 rings (SSSR count). The van der Waals surface area contributed by atoms with Gasteiger partial charge in [0.15, 0.2) is 0 Å². The minimum absolute atomic E-state index is 0.245. The Morgan fingerprint density at radius 2 is 2.19 bits per heavy atom. The lowest BCUT2D eigenvalue weighted by atomic mass is 10.0. The monoisotopic (exact) mass is 286 g/mol. The van der Waals surface area contributed by atoms with E-state index < -0.39 is 0 Å². The zero-order chi connectivity index (χ0) is 12.2. The molecule has 90 valence electrons. The second kappa shape index (κ2) is 5.66. The van der Waals surface area contributed by atoms with E-state index in [0.717, 1.165) is 10.2 Å². The minimum atomic E-state index is -0.245. The molecule has 3 N–H and O–H groups in total. The van der Waals surface area contributed by atoms with E-state index in [4.69, 9.17) is 10.5 Å². The van der Waals surface area contributed by atoms with Gasteiger partial charge in [-0.2, -0.15) is 0 Å². The quantitative estimate of drug-likeness (QED) is 0.875. The second-order valence-corrected chi connectivity index (χ2v) is 5.16. The Morgan fingerprint density at radius 3 is 2.75 bits per heavy atom. The lowest BCUT2D eigenvalue weighted by Crippen LogP contribution is -2.46. The molecule has 0 amide bonds. The third-order valence-corrected chi connectivity index (χ3v) is 3.16. The molecule has 1 aromatic carbocycles. The van der Waals surface area contributed by atoms with Crippen LogP contribution in [0.5, 0.6) is 0 Å². The van der Waals surface area contributed by atoms with Crippen LogP contribution in [0.2, 0.25) is 0 Å². The Morgan fingerprint density at radius 1 is 1.50 bits per heavy atom. The number of hydrogen-bond acceptors (Lipinski definition) is 3. The number of rotatable bonds is 5. The molecule has 0 heterocycles. The third kappa shape index (κ3) is 3.47. The molecule has 4 heteroatoms. The summed E-state index contributed by atoms with van der Waals surface area (Å²) in [5.41, 5.74) is 7.78. The van der Waals surface area contributed by atoms with Crippen molar-refractivity contribution in [1.29, 1.82) is 0 Å². The van der Waals surface area contributed by atoms with Gasteiger partial charge >= 0.3 is 0 Å². The summed E-state index contributed by atoms with van der Waals surface area (Å²) in [4.78, 5) is 0. The Balaban J connectivity index is 2.89. The van der Waals surface area contributed by atoms with E-state index in [-0.39, 0.29) is 5.54 Å². The zero-order valence-electron chi connectivity index (χ0n) is 10.0. The van der Waals surface area contributed by atoms with E-state index in [9.17, 15) is 0 Å². The topological polar surface area (TPSA) is 47.3 Å². The smallest absolute Gasteiger partial charge is 0.0702 e. The number of nitrogens with one attached hydrogen (secondary N) is 1. The van der Waals surface area contributed by atoms with Crippen LogP contribution in [0.3, 0.4) is 0 Å². The number of methoxy groups -OCH3 is 1. The first-order chi connectivity index (χ1) is 7.50. The van der Waals surface area contributed by atoms with Gasteiger partial charge in [0.05, 0.1) is 12.1 Å². The predicted octanol–water partition coefficient (Wildman–Crippen LogP) is 2.53. The summed E-state index contributed by atoms with van der Waals surface area (Å²) in [5.74, 6) is 0. The van der Waals surface area contributed by atoms with E-state index in [2.05, 4.69) is 40.3 Å². The molecule has 0 aliphatic heterocycles. The van der Waals surface area contributed by atoms with Gasteiger partial charge in [0.2, 0.25) is 0 Å². The van der Waals surface area contributed by atoms with Crippen molar-refractivity contribution in [2.45, 2.75) is 19.4 Å². The highest BCUT2D eigenvalue weighted by atomic mass is 79.9. The summed E-state index contributed by atoms with van der Waals surface area (Å²) in [7, 11) is 1.68. The summed E-state index contributed by atoms with van der Waals surface area (Å²) >= 11 is 3.52. The maximum atomic E-state index is 5.77. The standard InChI is InChI=1S/C12H19BrN2O/c1-9-4-5-10(13)11(6-9)15-12(2,7-14)8-16-3/h4-6,15H,7-8,14H2,1-3H3. The van der Waals surface area contributed by atoms with Crippen LogP contribution in [0.4, 0.5) is 5.69 Å².